The molecular weight excluding hydrogens is 420 g/mol. The zero-order valence-electron chi connectivity index (χ0n) is 16.1. The molecule has 154 valence electrons. The molecule has 10 heteroatoms. The van der Waals surface area contributed by atoms with E-state index in [1.54, 1.807) is 41.2 Å². The Morgan fingerprint density at radius 3 is 3.13 bits per heavy atom. The molecular formula is C20H20N6O2S2. The van der Waals surface area contributed by atoms with Crippen LogP contribution in [-0.2, 0) is 11.3 Å². The van der Waals surface area contributed by atoms with E-state index in [9.17, 15) is 9.59 Å². The van der Waals surface area contributed by atoms with Gasteiger partial charge in [-0.15, -0.1) is 0 Å². The number of hydrogen-bond acceptors (Lipinski definition) is 7. The first kappa shape index (κ1) is 19.3. The Hall–Kier alpha value is -2.69. The smallest absolute Gasteiger partial charge is 0.251 e. The second kappa shape index (κ2) is 8.21. The molecule has 1 saturated heterocycles. The van der Waals surface area contributed by atoms with Gasteiger partial charge in [0, 0.05) is 40.5 Å². The first-order chi connectivity index (χ1) is 14.7. The van der Waals surface area contributed by atoms with Gasteiger partial charge in [-0.2, -0.15) is 5.10 Å². The van der Waals surface area contributed by atoms with E-state index in [1.807, 2.05) is 18.3 Å². The van der Waals surface area contributed by atoms with Crippen LogP contribution in [0.3, 0.4) is 0 Å². The molecule has 0 aliphatic carbocycles. The van der Waals surface area contributed by atoms with Crippen molar-refractivity contribution in [3.63, 3.8) is 0 Å². The number of rotatable bonds is 4. The molecule has 2 aromatic heterocycles. The lowest BCUT2D eigenvalue weighted by Gasteiger charge is -2.30. The maximum Gasteiger partial charge on any atom is 0.251 e. The molecule has 1 aromatic carbocycles. The van der Waals surface area contributed by atoms with Crippen molar-refractivity contribution in [3.05, 3.63) is 53.3 Å². The lowest BCUT2D eigenvalue weighted by atomic mass is 10.0. The summed E-state index contributed by atoms with van der Waals surface area (Å²) in [5.74, 6) is -0.178. The molecule has 4 heterocycles. The predicted molar refractivity (Wildman–Crippen MR) is 116 cm³/mol. The van der Waals surface area contributed by atoms with Gasteiger partial charge < -0.3 is 10.6 Å². The average molecular weight is 441 g/mol. The third kappa shape index (κ3) is 3.85. The van der Waals surface area contributed by atoms with Gasteiger partial charge in [-0.25, -0.2) is 14.0 Å². The van der Waals surface area contributed by atoms with Crippen molar-refractivity contribution < 1.29 is 9.59 Å². The highest BCUT2D eigenvalue weighted by molar-refractivity contribution is 7.97. The third-order valence-corrected chi connectivity index (χ3v) is 7.35. The summed E-state index contributed by atoms with van der Waals surface area (Å²) in [6.07, 6.45) is 8.31. The summed E-state index contributed by atoms with van der Waals surface area (Å²) >= 11 is 3.07. The van der Waals surface area contributed by atoms with Crippen molar-refractivity contribution >= 4 is 40.8 Å². The largest absolute Gasteiger partial charge is 0.347 e. The van der Waals surface area contributed by atoms with Crippen molar-refractivity contribution in [2.45, 2.75) is 36.7 Å². The third-order valence-electron chi connectivity index (χ3n) is 5.14. The highest BCUT2D eigenvalue weighted by Gasteiger charge is 2.33. The number of thiazole rings is 1. The maximum atomic E-state index is 12.7. The van der Waals surface area contributed by atoms with Crippen LogP contribution in [0.1, 0.15) is 34.5 Å². The maximum absolute atomic E-state index is 12.7. The van der Waals surface area contributed by atoms with Crippen LogP contribution in [-0.4, -0.2) is 43.5 Å². The minimum absolute atomic E-state index is 0.00863. The SMILES string of the molecule is O=C(NCc1cnc(-n2cccn2)s1)c1ccc2c(c1)NC(=O)C1CCCCN1S2. The zero-order chi connectivity index (χ0) is 20.5. The van der Waals surface area contributed by atoms with Crippen LogP contribution in [0.25, 0.3) is 5.13 Å². The highest BCUT2D eigenvalue weighted by Crippen LogP contribution is 2.38. The number of hydrogen-bond donors (Lipinski definition) is 2. The van der Waals surface area contributed by atoms with Gasteiger partial charge >= 0.3 is 0 Å². The fourth-order valence-corrected chi connectivity index (χ4v) is 5.53. The Labute approximate surface area is 181 Å². The fourth-order valence-electron chi connectivity index (χ4n) is 3.60. The van der Waals surface area contributed by atoms with E-state index in [1.165, 1.54) is 11.3 Å². The fraction of sp³-hybridized carbons (Fsp3) is 0.300. The predicted octanol–water partition coefficient (Wildman–Crippen LogP) is 3.07. The summed E-state index contributed by atoms with van der Waals surface area (Å²) in [5, 5.41) is 10.9. The number of aromatic nitrogens is 3. The molecule has 5 rings (SSSR count). The van der Waals surface area contributed by atoms with Gasteiger partial charge in [0.2, 0.25) is 11.0 Å². The summed E-state index contributed by atoms with van der Waals surface area (Å²) in [7, 11) is 0. The van der Waals surface area contributed by atoms with Gasteiger partial charge in [-0.3, -0.25) is 9.59 Å². The molecule has 30 heavy (non-hydrogen) atoms. The van der Waals surface area contributed by atoms with E-state index >= 15 is 0 Å². The summed E-state index contributed by atoms with van der Waals surface area (Å²) in [6.45, 7) is 1.28. The molecule has 1 atom stereocenters. The number of nitrogens with zero attached hydrogens (tertiary/aromatic N) is 4. The summed E-state index contributed by atoms with van der Waals surface area (Å²) in [6, 6.07) is 7.21. The van der Waals surface area contributed by atoms with Gasteiger partial charge in [0.15, 0.2) is 0 Å². The Balaban J connectivity index is 1.27. The Morgan fingerprint density at radius 1 is 1.33 bits per heavy atom. The number of benzene rings is 1. The van der Waals surface area contributed by atoms with Crippen LogP contribution >= 0.6 is 23.3 Å². The molecule has 2 aliphatic heterocycles. The molecule has 0 spiro atoms. The van der Waals surface area contributed by atoms with Crippen molar-refractivity contribution in [3.8, 4) is 5.13 Å². The Morgan fingerprint density at radius 2 is 2.27 bits per heavy atom. The number of carbonyl (C=O) groups excluding carboxylic acids is 2. The van der Waals surface area contributed by atoms with E-state index in [0.717, 1.165) is 40.7 Å². The van der Waals surface area contributed by atoms with Gasteiger partial charge in [-0.05, 0) is 49.1 Å². The molecule has 8 nitrogen and oxygen atoms in total. The quantitative estimate of drug-likeness (QED) is 0.606. The van der Waals surface area contributed by atoms with Crippen LogP contribution in [0.15, 0.2) is 47.8 Å². The second-order valence-electron chi connectivity index (χ2n) is 7.19. The highest BCUT2D eigenvalue weighted by atomic mass is 32.2. The van der Waals surface area contributed by atoms with Gasteiger partial charge in [0.25, 0.3) is 5.91 Å². The summed E-state index contributed by atoms with van der Waals surface area (Å²) in [4.78, 5) is 31.5. The number of fused-ring (bicyclic) bond motifs is 2. The normalized spacial score (nSPS) is 18.8. The molecule has 2 amide bonds. The van der Waals surface area contributed by atoms with E-state index in [-0.39, 0.29) is 17.9 Å². The van der Waals surface area contributed by atoms with E-state index in [2.05, 4.69) is 25.0 Å². The van der Waals surface area contributed by atoms with Crippen molar-refractivity contribution in [1.29, 1.82) is 0 Å². The molecule has 1 fully saturated rings. The van der Waals surface area contributed by atoms with E-state index in [0.29, 0.717) is 17.8 Å². The average Bonchev–Trinajstić information content (AvgIpc) is 3.43. The number of amides is 2. The van der Waals surface area contributed by atoms with Crippen LogP contribution in [0.4, 0.5) is 5.69 Å². The van der Waals surface area contributed by atoms with Crippen molar-refractivity contribution in [1.82, 2.24) is 24.4 Å². The first-order valence-electron chi connectivity index (χ1n) is 9.80. The molecule has 0 saturated carbocycles. The number of nitrogens with one attached hydrogen (secondary N) is 2. The minimum Gasteiger partial charge on any atom is -0.347 e. The van der Waals surface area contributed by atoms with E-state index in [4.69, 9.17) is 0 Å². The van der Waals surface area contributed by atoms with Gasteiger partial charge in [-0.1, -0.05) is 17.8 Å². The number of anilines is 1. The molecule has 0 bridgehead atoms. The number of carbonyl (C=O) groups is 2. The topological polar surface area (TPSA) is 92.1 Å². The van der Waals surface area contributed by atoms with Crippen LogP contribution in [0, 0.1) is 0 Å². The van der Waals surface area contributed by atoms with Crippen LogP contribution < -0.4 is 10.6 Å². The molecule has 1 unspecified atom stereocenters. The monoisotopic (exact) mass is 440 g/mol. The number of piperidine rings is 1. The lowest BCUT2D eigenvalue weighted by Crippen LogP contribution is -2.41. The van der Waals surface area contributed by atoms with Gasteiger partial charge in [0.1, 0.15) is 0 Å². The summed E-state index contributed by atoms with van der Waals surface area (Å²) in [5.41, 5.74) is 1.22. The molecule has 3 aromatic rings. The molecule has 0 radical (unpaired) electrons. The zero-order valence-corrected chi connectivity index (χ0v) is 17.7. The summed E-state index contributed by atoms with van der Waals surface area (Å²) < 4.78 is 3.85. The lowest BCUT2D eigenvalue weighted by molar-refractivity contribution is -0.120. The van der Waals surface area contributed by atoms with Gasteiger partial charge in [0.05, 0.1) is 18.3 Å². The van der Waals surface area contributed by atoms with Crippen molar-refractivity contribution in [2.75, 3.05) is 11.9 Å². The van der Waals surface area contributed by atoms with Crippen LogP contribution in [0.5, 0.6) is 0 Å². The van der Waals surface area contributed by atoms with Crippen molar-refractivity contribution in [2.24, 2.45) is 0 Å². The second-order valence-corrected chi connectivity index (χ2v) is 9.37. The van der Waals surface area contributed by atoms with Crippen LogP contribution in [0.2, 0.25) is 0 Å². The Bertz CT molecular complexity index is 1080. The standard InChI is InChI=1S/C20H20N6O2S2/c27-18(21-11-14-12-22-20(29-14)25-8-3-7-23-25)13-5-6-17-15(10-13)24-19(28)16-4-1-2-9-26(16)30-17/h3,5-8,10,12,16H,1-2,4,9,11H2,(H,21,27)(H,24,28). The minimum atomic E-state index is -0.187. The molecule has 2 N–H and O–H groups in total. The van der Waals surface area contributed by atoms with E-state index < -0.39 is 0 Å². The molecule has 2 aliphatic rings. The Kier molecular flexibility index (Phi) is 5.28. The first-order valence-corrected chi connectivity index (χ1v) is 11.4.